The van der Waals surface area contributed by atoms with E-state index in [-0.39, 0.29) is 12.8 Å². The first kappa shape index (κ1) is 23.2. The Morgan fingerprint density at radius 2 is 1.66 bits per heavy atom. The Morgan fingerprint density at radius 3 is 2.43 bits per heavy atom. The van der Waals surface area contributed by atoms with Crippen LogP contribution in [0, 0.1) is 0 Å². The smallest absolute Gasteiger partial charge is 0.309 e. The van der Waals surface area contributed by atoms with Gasteiger partial charge < -0.3 is 25.0 Å². The van der Waals surface area contributed by atoms with E-state index in [2.05, 4.69) is 44.7 Å². The van der Waals surface area contributed by atoms with E-state index >= 15 is 0 Å². The van der Waals surface area contributed by atoms with Gasteiger partial charge in [0.2, 0.25) is 6.79 Å². The van der Waals surface area contributed by atoms with E-state index in [1.165, 1.54) is 17.0 Å². The number of nitrogens with zero attached hydrogens (tertiary/aromatic N) is 2. The van der Waals surface area contributed by atoms with Crippen LogP contribution in [0.25, 0.3) is 0 Å². The van der Waals surface area contributed by atoms with Gasteiger partial charge in [-0.3, -0.25) is 14.5 Å². The Labute approximate surface area is 208 Å². The summed E-state index contributed by atoms with van der Waals surface area (Å²) in [7, 11) is 0. The molecule has 5 rings (SSSR count). The van der Waals surface area contributed by atoms with Crippen molar-refractivity contribution in [3.05, 3.63) is 76.5 Å². The Morgan fingerprint density at radius 1 is 0.886 bits per heavy atom. The number of carbonyl (C=O) groups is 2. The maximum absolute atomic E-state index is 12.6. The molecule has 0 bridgehead atoms. The summed E-state index contributed by atoms with van der Waals surface area (Å²) in [6.45, 7) is 4.27. The zero-order valence-corrected chi connectivity index (χ0v) is 20.1. The number of hydrogen-bond acceptors (Lipinski definition) is 7. The molecule has 1 atom stereocenters. The average molecular weight is 493 g/mol. The molecule has 2 amide bonds. The lowest BCUT2D eigenvalue weighted by molar-refractivity contribution is -0.139. The van der Waals surface area contributed by atoms with Gasteiger partial charge in [-0.15, -0.1) is 11.3 Å². The fourth-order valence-corrected chi connectivity index (χ4v) is 5.08. The molecule has 0 spiro atoms. The minimum Gasteiger partial charge on any atom is -0.454 e. The number of thiophene rings is 1. The zero-order valence-electron chi connectivity index (χ0n) is 19.3. The molecule has 0 saturated carbocycles. The number of nitrogens with one attached hydrogen (secondary N) is 2. The van der Waals surface area contributed by atoms with Crippen LogP contribution in [0.1, 0.15) is 16.5 Å². The number of rotatable bonds is 7. The van der Waals surface area contributed by atoms with Gasteiger partial charge >= 0.3 is 11.8 Å². The number of fused-ring (bicyclic) bond motifs is 1. The second-order valence-corrected chi connectivity index (χ2v) is 9.49. The Bertz CT molecular complexity index is 1150. The Kier molecular flexibility index (Phi) is 7.15. The molecule has 3 heterocycles. The molecule has 2 aliphatic rings. The summed E-state index contributed by atoms with van der Waals surface area (Å²) in [5.74, 6) is 0.167. The number of piperazine rings is 1. The standard InChI is InChI=1S/C26H28N4O4S/c31-25(27-16-21-7-4-14-35-21)26(32)28-17-22(19-8-9-23-24(15-19)34-18-33-23)30-12-10-29(11-13-30)20-5-2-1-3-6-20/h1-9,14-15,22H,10-13,16-18H2,(H,27,31)(H,28,32). The average Bonchev–Trinajstić information content (AvgIpc) is 3.60. The quantitative estimate of drug-likeness (QED) is 0.494. The lowest BCUT2D eigenvalue weighted by Crippen LogP contribution is -2.50. The van der Waals surface area contributed by atoms with Crippen LogP contribution in [0.3, 0.4) is 0 Å². The minimum absolute atomic E-state index is 0.100. The molecular weight excluding hydrogens is 464 g/mol. The molecule has 35 heavy (non-hydrogen) atoms. The van der Waals surface area contributed by atoms with Gasteiger partial charge in [0, 0.05) is 43.3 Å². The van der Waals surface area contributed by atoms with Crippen LogP contribution in [0.4, 0.5) is 5.69 Å². The number of amides is 2. The number of carbonyl (C=O) groups excluding carboxylic acids is 2. The summed E-state index contributed by atoms with van der Waals surface area (Å²) in [5.41, 5.74) is 2.23. The molecule has 2 N–H and O–H groups in total. The first-order valence-electron chi connectivity index (χ1n) is 11.7. The van der Waals surface area contributed by atoms with Crippen molar-refractivity contribution in [2.45, 2.75) is 12.6 Å². The lowest BCUT2D eigenvalue weighted by Gasteiger charge is -2.40. The van der Waals surface area contributed by atoms with Crippen molar-refractivity contribution in [3.8, 4) is 11.5 Å². The van der Waals surface area contributed by atoms with Gasteiger partial charge in [-0.1, -0.05) is 30.3 Å². The van der Waals surface area contributed by atoms with Crippen molar-refractivity contribution in [3.63, 3.8) is 0 Å². The fourth-order valence-electron chi connectivity index (χ4n) is 4.44. The molecule has 2 aliphatic heterocycles. The highest BCUT2D eigenvalue weighted by Crippen LogP contribution is 2.35. The molecule has 1 unspecified atom stereocenters. The van der Waals surface area contributed by atoms with Gasteiger partial charge in [0.05, 0.1) is 12.6 Å². The van der Waals surface area contributed by atoms with Gasteiger partial charge in [-0.05, 0) is 41.3 Å². The zero-order chi connectivity index (χ0) is 24.0. The molecule has 3 aromatic rings. The second kappa shape index (κ2) is 10.8. The van der Waals surface area contributed by atoms with Crippen molar-refractivity contribution in [1.82, 2.24) is 15.5 Å². The van der Waals surface area contributed by atoms with E-state index in [0.29, 0.717) is 18.8 Å². The lowest BCUT2D eigenvalue weighted by atomic mass is 10.0. The summed E-state index contributed by atoms with van der Waals surface area (Å²) in [4.78, 5) is 30.6. The second-order valence-electron chi connectivity index (χ2n) is 8.46. The number of anilines is 1. The summed E-state index contributed by atoms with van der Waals surface area (Å²) >= 11 is 1.54. The molecule has 0 radical (unpaired) electrons. The van der Waals surface area contributed by atoms with Gasteiger partial charge in [0.1, 0.15) is 0 Å². The van der Waals surface area contributed by atoms with Crippen molar-refractivity contribution in [1.29, 1.82) is 0 Å². The van der Waals surface area contributed by atoms with Gasteiger partial charge in [0.15, 0.2) is 11.5 Å². The first-order chi connectivity index (χ1) is 17.2. The molecular formula is C26H28N4O4S. The molecule has 1 saturated heterocycles. The van der Waals surface area contributed by atoms with Crippen LogP contribution in [0.2, 0.25) is 0 Å². The van der Waals surface area contributed by atoms with E-state index in [0.717, 1.165) is 42.4 Å². The third-order valence-corrected chi connectivity index (χ3v) is 7.20. The summed E-state index contributed by atoms with van der Waals surface area (Å²) in [5, 5.41) is 7.47. The maximum Gasteiger partial charge on any atom is 0.309 e. The molecule has 182 valence electrons. The number of hydrogen-bond donors (Lipinski definition) is 2. The summed E-state index contributed by atoms with van der Waals surface area (Å²) < 4.78 is 11.0. The largest absolute Gasteiger partial charge is 0.454 e. The minimum atomic E-state index is -0.629. The first-order valence-corrected chi connectivity index (χ1v) is 12.6. The van der Waals surface area contributed by atoms with E-state index in [1.54, 1.807) is 0 Å². The highest BCUT2D eigenvalue weighted by Gasteiger charge is 2.28. The summed E-state index contributed by atoms with van der Waals surface area (Å²) in [6.07, 6.45) is 0. The van der Waals surface area contributed by atoms with E-state index < -0.39 is 11.8 Å². The van der Waals surface area contributed by atoms with Crippen LogP contribution in [-0.2, 0) is 16.1 Å². The SMILES string of the molecule is O=C(NCc1cccs1)C(=O)NCC(c1ccc2c(c1)OCO2)N1CCN(c2ccccc2)CC1. The van der Waals surface area contributed by atoms with E-state index in [9.17, 15) is 9.59 Å². The topological polar surface area (TPSA) is 83.1 Å². The highest BCUT2D eigenvalue weighted by molar-refractivity contribution is 7.09. The summed E-state index contributed by atoms with van der Waals surface area (Å²) in [6, 6.07) is 20.0. The van der Waals surface area contributed by atoms with Crippen molar-refractivity contribution >= 4 is 28.8 Å². The Balaban J connectivity index is 1.25. The van der Waals surface area contributed by atoms with Crippen LogP contribution in [0.15, 0.2) is 66.0 Å². The molecule has 1 fully saturated rings. The van der Waals surface area contributed by atoms with Crippen molar-refractivity contribution in [2.24, 2.45) is 0 Å². The third kappa shape index (κ3) is 5.58. The molecule has 0 aliphatic carbocycles. The van der Waals surface area contributed by atoms with Crippen molar-refractivity contribution < 1.29 is 19.1 Å². The van der Waals surface area contributed by atoms with E-state index in [4.69, 9.17) is 9.47 Å². The van der Waals surface area contributed by atoms with Gasteiger partial charge in [-0.2, -0.15) is 0 Å². The normalized spacial score (nSPS) is 16.1. The molecule has 2 aromatic carbocycles. The van der Waals surface area contributed by atoms with Crippen molar-refractivity contribution in [2.75, 3.05) is 44.4 Å². The fraction of sp³-hybridized carbons (Fsp3) is 0.308. The van der Waals surface area contributed by atoms with Gasteiger partial charge in [-0.25, -0.2) is 0 Å². The number of benzene rings is 2. The predicted octanol–water partition coefficient (Wildman–Crippen LogP) is 2.77. The number of para-hydroxylation sites is 1. The van der Waals surface area contributed by atoms with Crippen LogP contribution >= 0.6 is 11.3 Å². The monoisotopic (exact) mass is 492 g/mol. The van der Waals surface area contributed by atoms with Crippen LogP contribution < -0.4 is 25.0 Å². The van der Waals surface area contributed by atoms with Gasteiger partial charge in [0.25, 0.3) is 0 Å². The maximum atomic E-state index is 12.6. The third-order valence-electron chi connectivity index (χ3n) is 6.32. The molecule has 1 aromatic heterocycles. The predicted molar refractivity (Wildman–Crippen MR) is 135 cm³/mol. The van der Waals surface area contributed by atoms with Crippen LogP contribution in [-0.4, -0.2) is 56.2 Å². The highest BCUT2D eigenvalue weighted by atomic mass is 32.1. The number of ether oxygens (including phenoxy) is 2. The Hall–Kier alpha value is -3.56. The van der Waals surface area contributed by atoms with E-state index in [1.807, 2.05) is 41.8 Å². The molecule has 8 nitrogen and oxygen atoms in total. The van der Waals surface area contributed by atoms with Crippen LogP contribution in [0.5, 0.6) is 11.5 Å². The molecule has 9 heteroatoms.